The first-order chi connectivity index (χ1) is 13.4. The fourth-order valence-electron chi connectivity index (χ4n) is 3.23. The minimum absolute atomic E-state index is 0.139. The van der Waals surface area contributed by atoms with Crippen LogP contribution >= 0.6 is 23.4 Å². The number of anilines is 2. The number of thioether (sulfide) groups is 1. The molecule has 7 nitrogen and oxygen atoms in total. The molecule has 0 atom stereocenters. The Bertz CT molecular complexity index is 817. The molecule has 0 N–H and O–H groups in total. The molecule has 0 saturated carbocycles. The topological polar surface area (TPSA) is 57.5 Å². The number of piperazine rings is 1. The summed E-state index contributed by atoms with van der Waals surface area (Å²) in [4.78, 5) is 18.8. The van der Waals surface area contributed by atoms with Crippen LogP contribution in [0.3, 0.4) is 0 Å². The maximum Gasteiger partial charge on any atom is 0.233 e. The van der Waals surface area contributed by atoms with E-state index in [9.17, 15) is 4.79 Å². The fraction of sp³-hybridized carbons (Fsp3) is 0.526. The molecule has 9 heteroatoms. The van der Waals surface area contributed by atoms with Gasteiger partial charge in [-0.1, -0.05) is 29.4 Å². The van der Waals surface area contributed by atoms with Gasteiger partial charge in [0.2, 0.25) is 11.9 Å². The molecule has 1 aliphatic heterocycles. The van der Waals surface area contributed by atoms with Crippen molar-refractivity contribution in [3.8, 4) is 0 Å². The number of hydrogen-bond donors (Lipinski definition) is 0. The number of carbonyl (C=O) groups is 1. The summed E-state index contributed by atoms with van der Waals surface area (Å²) in [5.41, 5.74) is 1.11. The van der Waals surface area contributed by atoms with Crippen LogP contribution in [0.25, 0.3) is 0 Å². The van der Waals surface area contributed by atoms with E-state index in [-0.39, 0.29) is 11.9 Å². The number of aromatic nitrogens is 3. The van der Waals surface area contributed by atoms with E-state index >= 15 is 0 Å². The summed E-state index contributed by atoms with van der Waals surface area (Å²) >= 11 is 7.54. The molecule has 28 heavy (non-hydrogen) atoms. The molecule has 0 bridgehead atoms. The Morgan fingerprint density at radius 2 is 1.93 bits per heavy atom. The molecule has 3 rings (SSSR count). The van der Waals surface area contributed by atoms with Crippen molar-refractivity contribution in [2.24, 2.45) is 0 Å². The standard InChI is InChI=1S/C19H27ClN6OS/c1-14(2)26-18(23(3)4)21-22-19(26)28-13-17(27)25-10-8-24(9-11-25)16-7-5-6-15(20)12-16/h5-7,12,14H,8-11,13H2,1-4H3. The highest BCUT2D eigenvalue weighted by Crippen LogP contribution is 2.26. The van der Waals surface area contributed by atoms with Crippen molar-refractivity contribution in [2.75, 3.05) is 55.8 Å². The quantitative estimate of drug-likeness (QED) is 0.667. The summed E-state index contributed by atoms with van der Waals surface area (Å²) in [5.74, 6) is 1.32. The fourth-order valence-corrected chi connectivity index (χ4v) is 4.38. The van der Waals surface area contributed by atoms with Gasteiger partial charge in [0.1, 0.15) is 0 Å². The molecule has 152 valence electrons. The monoisotopic (exact) mass is 422 g/mol. The molecule has 0 spiro atoms. The second-order valence-corrected chi connectivity index (χ2v) is 8.66. The Hall–Kier alpha value is -1.93. The van der Waals surface area contributed by atoms with Crippen molar-refractivity contribution in [3.63, 3.8) is 0 Å². The molecular formula is C19H27ClN6OS. The second kappa shape index (κ2) is 9.05. The first-order valence-corrected chi connectivity index (χ1v) is 10.8. The third-order valence-corrected chi connectivity index (χ3v) is 5.86. The summed E-state index contributed by atoms with van der Waals surface area (Å²) in [5, 5.41) is 10.0. The number of carbonyl (C=O) groups excluding carboxylic acids is 1. The summed E-state index contributed by atoms with van der Waals surface area (Å²) in [6.45, 7) is 7.24. The average molecular weight is 423 g/mol. The molecule has 0 aliphatic carbocycles. The Morgan fingerprint density at radius 3 is 2.54 bits per heavy atom. The van der Waals surface area contributed by atoms with Crippen LogP contribution in [0.2, 0.25) is 5.02 Å². The number of rotatable bonds is 6. The van der Waals surface area contributed by atoms with Crippen LogP contribution in [-0.2, 0) is 4.79 Å². The largest absolute Gasteiger partial charge is 0.368 e. The Balaban J connectivity index is 1.55. The van der Waals surface area contributed by atoms with Crippen LogP contribution in [0.1, 0.15) is 19.9 Å². The van der Waals surface area contributed by atoms with Gasteiger partial charge in [0.15, 0.2) is 5.16 Å². The predicted molar refractivity (Wildman–Crippen MR) is 116 cm³/mol. The van der Waals surface area contributed by atoms with Gasteiger partial charge < -0.3 is 14.7 Å². The van der Waals surface area contributed by atoms with Crippen LogP contribution in [0.5, 0.6) is 0 Å². The lowest BCUT2D eigenvalue weighted by Gasteiger charge is -2.36. The van der Waals surface area contributed by atoms with Gasteiger partial charge in [-0.25, -0.2) is 0 Å². The van der Waals surface area contributed by atoms with Gasteiger partial charge in [0.05, 0.1) is 5.75 Å². The smallest absolute Gasteiger partial charge is 0.233 e. The molecular weight excluding hydrogens is 396 g/mol. The lowest BCUT2D eigenvalue weighted by molar-refractivity contribution is -0.128. The normalized spacial score (nSPS) is 14.6. The third kappa shape index (κ3) is 4.72. The van der Waals surface area contributed by atoms with Crippen LogP contribution in [0, 0.1) is 0 Å². The van der Waals surface area contributed by atoms with Crippen LogP contribution in [0.15, 0.2) is 29.4 Å². The molecule has 1 saturated heterocycles. The molecule has 0 radical (unpaired) electrons. The van der Waals surface area contributed by atoms with Gasteiger partial charge in [-0.3, -0.25) is 9.36 Å². The maximum atomic E-state index is 12.7. The maximum absolute atomic E-state index is 12.7. The Kier molecular flexibility index (Phi) is 6.72. The SMILES string of the molecule is CC(C)n1c(SCC(=O)N2CCN(c3cccc(Cl)c3)CC2)nnc1N(C)C. The van der Waals surface area contributed by atoms with E-state index in [1.54, 1.807) is 0 Å². The van der Waals surface area contributed by atoms with Crippen molar-refractivity contribution in [2.45, 2.75) is 25.0 Å². The molecule has 2 aromatic rings. The van der Waals surface area contributed by atoms with Crippen molar-refractivity contribution < 1.29 is 4.79 Å². The second-order valence-electron chi connectivity index (χ2n) is 7.28. The Labute approximate surface area is 175 Å². The molecule has 0 unspecified atom stereocenters. The lowest BCUT2D eigenvalue weighted by Crippen LogP contribution is -2.49. The number of nitrogens with zero attached hydrogens (tertiary/aromatic N) is 6. The molecule has 1 fully saturated rings. The van der Waals surface area contributed by atoms with Crippen molar-refractivity contribution in [1.82, 2.24) is 19.7 Å². The van der Waals surface area contributed by atoms with Crippen molar-refractivity contribution in [3.05, 3.63) is 29.3 Å². The molecule has 1 amide bonds. The van der Waals surface area contributed by atoms with E-state index in [0.29, 0.717) is 18.8 Å². The van der Waals surface area contributed by atoms with Crippen molar-refractivity contribution >= 4 is 40.9 Å². The van der Waals surface area contributed by atoms with E-state index in [2.05, 4.69) is 39.6 Å². The first kappa shape index (κ1) is 20.8. The van der Waals surface area contributed by atoms with Gasteiger partial charge in [0.25, 0.3) is 0 Å². The number of hydrogen-bond acceptors (Lipinski definition) is 6. The summed E-state index contributed by atoms with van der Waals surface area (Å²) in [6, 6.07) is 8.08. The highest BCUT2D eigenvalue weighted by Gasteiger charge is 2.23. The minimum Gasteiger partial charge on any atom is -0.368 e. The predicted octanol–water partition coefficient (Wildman–Crippen LogP) is 3.02. The minimum atomic E-state index is 0.139. The van der Waals surface area contributed by atoms with Gasteiger partial charge in [-0.05, 0) is 32.0 Å². The zero-order valence-electron chi connectivity index (χ0n) is 16.8. The number of amides is 1. The zero-order chi connectivity index (χ0) is 20.3. The highest BCUT2D eigenvalue weighted by atomic mass is 35.5. The van der Waals surface area contributed by atoms with Crippen LogP contribution in [-0.4, -0.2) is 71.6 Å². The van der Waals surface area contributed by atoms with Gasteiger partial charge in [-0.2, -0.15) is 0 Å². The van der Waals surface area contributed by atoms with Crippen LogP contribution in [0.4, 0.5) is 11.6 Å². The van der Waals surface area contributed by atoms with Crippen LogP contribution < -0.4 is 9.80 Å². The van der Waals surface area contributed by atoms with E-state index in [0.717, 1.165) is 34.9 Å². The van der Waals surface area contributed by atoms with E-state index in [1.165, 1.54) is 11.8 Å². The lowest BCUT2D eigenvalue weighted by atomic mass is 10.2. The average Bonchev–Trinajstić information content (AvgIpc) is 3.11. The van der Waals surface area contributed by atoms with E-state index < -0.39 is 0 Å². The van der Waals surface area contributed by atoms with Crippen molar-refractivity contribution in [1.29, 1.82) is 0 Å². The third-order valence-electron chi connectivity index (χ3n) is 4.69. The van der Waals surface area contributed by atoms with E-state index in [1.807, 2.05) is 42.1 Å². The van der Waals surface area contributed by atoms with Gasteiger partial charge >= 0.3 is 0 Å². The van der Waals surface area contributed by atoms with Gasteiger partial charge in [-0.15, -0.1) is 10.2 Å². The summed E-state index contributed by atoms with van der Waals surface area (Å²) in [6.07, 6.45) is 0. The molecule has 1 aromatic heterocycles. The number of benzene rings is 1. The number of halogens is 1. The summed E-state index contributed by atoms with van der Waals surface area (Å²) in [7, 11) is 3.89. The molecule has 1 aliphatic rings. The first-order valence-electron chi connectivity index (χ1n) is 9.40. The molecule has 2 heterocycles. The molecule has 1 aromatic carbocycles. The highest BCUT2D eigenvalue weighted by molar-refractivity contribution is 7.99. The van der Waals surface area contributed by atoms with E-state index in [4.69, 9.17) is 11.6 Å². The van der Waals surface area contributed by atoms with Gasteiger partial charge in [0, 0.05) is 57.0 Å². The Morgan fingerprint density at radius 1 is 1.21 bits per heavy atom. The zero-order valence-corrected chi connectivity index (χ0v) is 18.4. The summed E-state index contributed by atoms with van der Waals surface area (Å²) < 4.78 is 2.06.